The van der Waals surface area contributed by atoms with Crippen LogP contribution in [0.15, 0.2) is 65.3 Å². The third kappa shape index (κ3) is 2.73. The molecule has 4 rings (SSSR count). The van der Waals surface area contributed by atoms with Gasteiger partial charge < -0.3 is 0 Å². The van der Waals surface area contributed by atoms with Gasteiger partial charge in [0, 0.05) is 5.41 Å². The third-order valence-corrected chi connectivity index (χ3v) is 6.82. The van der Waals surface area contributed by atoms with Gasteiger partial charge in [-0.3, -0.25) is 0 Å². The SMILES string of the molecule is CC(C)(C)c1ccc2c(c1)=CC1=C(C3=CC=CC3)C(C)(C(C)(C)C)C=CC=21. The quantitative estimate of drug-likeness (QED) is 0.602. The number of fused-ring (bicyclic) bond motifs is 2. The smallest absolute Gasteiger partial charge is 0.0164 e. The molecule has 27 heavy (non-hydrogen) atoms. The van der Waals surface area contributed by atoms with Crippen molar-refractivity contribution in [2.24, 2.45) is 10.8 Å². The highest BCUT2D eigenvalue weighted by Crippen LogP contribution is 2.54. The highest BCUT2D eigenvalue weighted by Gasteiger charge is 2.43. The monoisotopic (exact) mass is 356 g/mol. The average Bonchev–Trinajstić information content (AvgIpc) is 3.19. The van der Waals surface area contributed by atoms with Crippen molar-refractivity contribution in [3.8, 4) is 0 Å². The fourth-order valence-corrected chi connectivity index (χ4v) is 4.54. The van der Waals surface area contributed by atoms with Gasteiger partial charge in [-0.1, -0.05) is 97.0 Å². The second-order valence-corrected chi connectivity index (χ2v) is 10.5. The molecule has 3 aliphatic rings. The molecule has 0 aromatic heterocycles. The molecule has 1 atom stereocenters. The van der Waals surface area contributed by atoms with Crippen molar-refractivity contribution in [3.63, 3.8) is 0 Å². The fraction of sp³-hybridized carbons (Fsp3) is 0.407. The van der Waals surface area contributed by atoms with Crippen LogP contribution in [-0.4, -0.2) is 0 Å². The van der Waals surface area contributed by atoms with Crippen LogP contribution in [0.2, 0.25) is 0 Å². The molecule has 140 valence electrons. The van der Waals surface area contributed by atoms with E-state index in [1.807, 2.05) is 0 Å². The largest absolute Gasteiger partial charge is 0.0801 e. The van der Waals surface area contributed by atoms with Crippen molar-refractivity contribution >= 4 is 11.6 Å². The van der Waals surface area contributed by atoms with Crippen LogP contribution < -0.4 is 10.4 Å². The van der Waals surface area contributed by atoms with Crippen LogP contribution in [0.25, 0.3) is 11.6 Å². The summed E-state index contributed by atoms with van der Waals surface area (Å²) in [6.07, 6.45) is 15.1. The molecule has 0 nitrogen and oxygen atoms in total. The second kappa shape index (κ2) is 5.71. The van der Waals surface area contributed by atoms with Crippen LogP contribution in [0.3, 0.4) is 0 Å². The first-order chi connectivity index (χ1) is 12.5. The van der Waals surface area contributed by atoms with Gasteiger partial charge in [-0.15, -0.1) is 0 Å². The molecule has 0 saturated heterocycles. The summed E-state index contributed by atoms with van der Waals surface area (Å²) in [5.74, 6) is 0. The van der Waals surface area contributed by atoms with Crippen LogP contribution in [0.4, 0.5) is 0 Å². The van der Waals surface area contributed by atoms with Crippen LogP contribution in [0.1, 0.15) is 60.5 Å². The Balaban J connectivity index is 2.02. The zero-order chi connectivity index (χ0) is 19.6. The summed E-state index contributed by atoms with van der Waals surface area (Å²) in [6, 6.07) is 7.04. The molecule has 0 spiro atoms. The normalized spacial score (nSPS) is 24.1. The maximum absolute atomic E-state index is 2.46. The van der Waals surface area contributed by atoms with Gasteiger partial charge in [-0.05, 0) is 61.6 Å². The lowest BCUT2D eigenvalue weighted by Crippen LogP contribution is -2.36. The van der Waals surface area contributed by atoms with E-state index in [0.717, 1.165) is 6.42 Å². The molecule has 1 aromatic rings. The standard InChI is InChI=1S/C27H32/c1-25(2,3)20-12-13-21-19(16-20)17-23-22(21)14-15-27(7,26(4,5)6)24(23)18-10-8-9-11-18/h8-10,12-17H,11H2,1-7H3. The van der Waals surface area contributed by atoms with Crippen molar-refractivity contribution in [3.05, 3.63) is 81.3 Å². The van der Waals surface area contributed by atoms with Gasteiger partial charge in [0.1, 0.15) is 0 Å². The third-order valence-electron chi connectivity index (χ3n) is 6.82. The molecule has 0 aliphatic heterocycles. The highest BCUT2D eigenvalue weighted by molar-refractivity contribution is 5.91. The number of allylic oxidation sites excluding steroid dienone is 8. The first-order valence-corrected chi connectivity index (χ1v) is 10.2. The minimum atomic E-state index is 0.0229. The van der Waals surface area contributed by atoms with Crippen molar-refractivity contribution < 1.29 is 0 Å². The summed E-state index contributed by atoms with van der Waals surface area (Å²) in [7, 11) is 0. The summed E-state index contributed by atoms with van der Waals surface area (Å²) in [5, 5.41) is 2.76. The van der Waals surface area contributed by atoms with E-state index >= 15 is 0 Å². The molecule has 0 amide bonds. The molecule has 0 radical (unpaired) electrons. The minimum Gasteiger partial charge on any atom is -0.0801 e. The molecule has 0 heterocycles. The van der Waals surface area contributed by atoms with Gasteiger partial charge in [-0.2, -0.15) is 0 Å². The zero-order valence-electron chi connectivity index (χ0n) is 17.9. The van der Waals surface area contributed by atoms with Crippen LogP contribution in [0.5, 0.6) is 0 Å². The molecule has 3 aliphatic carbocycles. The van der Waals surface area contributed by atoms with E-state index in [9.17, 15) is 0 Å². The number of benzene rings is 1. The van der Waals surface area contributed by atoms with Crippen LogP contribution >= 0.6 is 0 Å². The Morgan fingerprint density at radius 2 is 1.70 bits per heavy atom. The predicted octanol–water partition coefficient (Wildman–Crippen LogP) is 5.73. The summed E-state index contributed by atoms with van der Waals surface area (Å²) in [6.45, 7) is 16.4. The molecular formula is C27H32. The molecule has 0 N–H and O–H groups in total. The second-order valence-electron chi connectivity index (χ2n) is 10.5. The van der Waals surface area contributed by atoms with E-state index in [1.165, 1.54) is 38.3 Å². The van der Waals surface area contributed by atoms with E-state index in [1.54, 1.807) is 0 Å². The van der Waals surface area contributed by atoms with Crippen LogP contribution in [0, 0.1) is 10.8 Å². The van der Waals surface area contributed by atoms with E-state index in [0.29, 0.717) is 0 Å². The van der Waals surface area contributed by atoms with E-state index in [2.05, 4.69) is 103 Å². The lowest BCUT2D eigenvalue weighted by molar-refractivity contribution is 0.213. The van der Waals surface area contributed by atoms with Gasteiger partial charge in [0.15, 0.2) is 0 Å². The fourth-order valence-electron chi connectivity index (χ4n) is 4.54. The Kier molecular flexibility index (Phi) is 3.87. The average molecular weight is 357 g/mol. The number of hydrogen-bond donors (Lipinski definition) is 0. The lowest BCUT2D eigenvalue weighted by atomic mass is 9.58. The Hall–Kier alpha value is -2.08. The topological polar surface area (TPSA) is 0 Å². The number of rotatable bonds is 1. The number of hydrogen-bond acceptors (Lipinski definition) is 0. The minimum absolute atomic E-state index is 0.0229. The summed E-state index contributed by atoms with van der Waals surface area (Å²) in [4.78, 5) is 0. The van der Waals surface area contributed by atoms with Gasteiger partial charge in [0.2, 0.25) is 0 Å². The molecule has 1 unspecified atom stereocenters. The Morgan fingerprint density at radius 1 is 0.963 bits per heavy atom. The van der Waals surface area contributed by atoms with E-state index < -0.39 is 0 Å². The van der Waals surface area contributed by atoms with Crippen molar-refractivity contribution in [2.45, 2.75) is 60.3 Å². The molecule has 0 fully saturated rings. The molecular weight excluding hydrogens is 324 g/mol. The molecule has 0 heteroatoms. The maximum Gasteiger partial charge on any atom is 0.0164 e. The maximum atomic E-state index is 2.46. The van der Waals surface area contributed by atoms with Crippen molar-refractivity contribution in [2.75, 3.05) is 0 Å². The lowest BCUT2D eigenvalue weighted by Gasteiger charge is -2.45. The van der Waals surface area contributed by atoms with Gasteiger partial charge in [0.05, 0.1) is 0 Å². The Bertz CT molecular complexity index is 1050. The molecule has 0 bridgehead atoms. The summed E-state index contributed by atoms with van der Waals surface area (Å²) < 4.78 is 0. The van der Waals surface area contributed by atoms with Gasteiger partial charge in [0.25, 0.3) is 0 Å². The Morgan fingerprint density at radius 3 is 2.30 bits per heavy atom. The Labute approximate surface area is 164 Å². The molecule has 1 aromatic carbocycles. The molecule has 0 saturated carbocycles. The van der Waals surface area contributed by atoms with Crippen LogP contribution in [-0.2, 0) is 5.41 Å². The first kappa shape index (κ1) is 18.3. The summed E-state index contributed by atoms with van der Waals surface area (Å²) >= 11 is 0. The van der Waals surface area contributed by atoms with E-state index in [4.69, 9.17) is 0 Å². The first-order valence-electron chi connectivity index (χ1n) is 10.2. The van der Waals surface area contributed by atoms with Gasteiger partial charge >= 0.3 is 0 Å². The van der Waals surface area contributed by atoms with Crippen molar-refractivity contribution in [1.29, 1.82) is 0 Å². The van der Waals surface area contributed by atoms with Gasteiger partial charge in [-0.25, -0.2) is 0 Å². The summed E-state index contributed by atoms with van der Waals surface area (Å²) in [5.41, 5.74) is 7.58. The van der Waals surface area contributed by atoms with E-state index in [-0.39, 0.29) is 16.2 Å². The van der Waals surface area contributed by atoms with Crippen molar-refractivity contribution in [1.82, 2.24) is 0 Å². The zero-order valence-corrected chi connectivity index (χ0v) is 17.9. The predicted molar refractivity (Wildman–Crippen MR) is 118 cm³/mol. The highest BCUT2D eigenvalue weighted by atomic mass is 14.5.